The van der Waals surface area contributed by atoms with E-state index in [2.05, 4.69) is 34.4 Å². The first-order valence-electron chi connectivity index (χ1n) is 8.53. The molecule has 2 heterocycles. The van der Waals surface area contributed by atoms with E-state index in [1.165, 1.54) is 18.0 Å². The van der Waals surface area contributed by atoms with Crippen molar-refractivity contribution < 1.29 is 13.2 Å². The second kappa shape index (κ2) is 7.41. The van der Waals surface area contributed by atoms with Gasteiger partial charge < -0.3 is 10.6 Å². The molecule has 2 aromatic rings. The van der Waals surface area contributed by atoms with E-state index < -0.39 is 9.84 Å². The number of benzene rings is 1. The molecule has 0 spiro atoms. The molecule has 1 saturated heterocycles. The fourth-order valence-electron chi connectivity index (χ4n) is 2.77. The molecule has 0 bridgehead atoms. The van der Waals surface area contributed by atoms with Gasteiger partial charge in [-0.1, -0.05) is 26.0 Å². The predicted molar refractivity (Wildman–Crippen MR) is 101 cm³/mol. The van der Waals surface area contributed by atoms with E-state index in [1.54, 1.807) is 0 Å². The van der Waals surface area contributed by atoms with Crippen molar-refractivity contribution in [2.75, 3.05) is 22.1 Å². The van der Waals surface area contributed by atoms with Gasteiger partial charge in [0.05, 0.1) is 17.1 Å². The summed E-state index contributed by atoms with van der Waals surface area (Å²) in [5, 5.41) is 5.81. The Balaban J connectivity index is 1.60. The van der Waals surface area contributed by atoms with Crippen LogP contribution in [0.1, 0.15) is 42.1 Å². The Kier molecular flexibility index (Phi) is 5.22. The van der Waals surface area contributed by atoms with E-state index in [-0.39, 0.29) is 23.5 Å². The molecular weight excluding hydrogens is 352 g/mol. The zero-order chi connectivity index (χ0) is 18.7. The Morgan fingerprint density at radius 3 is 2.35 bits per heavy atom. The molecule has 7 nitrogen and oxygen atoms in total. The van der Waals surface area contributed by atoms with Crippen molar-refractivity contribution in [3.8, 4) is 0 Å². The number of carbonyl (C=O) groups is 1. The maximum Gasteiger partial charge on any atom is 0.258 e. The monoisotopic (exact) mass is 374 g/mol. The maximum absolute atomic E-state index is 12.3. The van der Waals surface area contributed by atoms with Crippen LogP contribution in [0.15, 0.2) is 36.7 Å². The number of hydrogen-bond donors (Lipinski definition) is 2. The van der Waals surface area contributed by atoms with Crippen LogP contribution in [0.5, 0.6) is 0 Å². The molecule has 138 valence electrons. The smallest absolute Gasteiger partial charge is 0.258 e. The maximum atomic E-state index is 12.3. The molecule has 0 aliphatic carbocycles. The number of sulfone groups is 1. The van der Waals surface area contributed by atoms with Crippen LogP contribution >= 0.6 is 0 Å². The normalized spacial score (nSPS) is 18.7. The summed E-state index contributed by atoms with van der Waals surface area (Å²) in [7, 11) is -2.96. The van der Waals surface area contributed by atoms with E-state index in [4.69, 9.17) is 0 Å². The van der Waals surface area contributed by atoms with Crippen molar-refractivity contribution in [2.24, 2.45) is 0 Å². The van der Waals surface area contributed by atoms with E-state index in [0.717, 1.165) is 0 Å². The molecule has 1 fully saturated rings. The third kappa shape index (κ3) is 4.57. The molecule has 26 heavy (non-hydrogen) atoms. The number of anilines is 2. The second-order valence-corrected chi connectivity index (χ2v) is 9.00. The molecule has 3 rings (SSSR count). The van der Waals surface area contributed by atoms with Gasteiger partial charge in [0.1, 0.15) is 0 Å². The number of hydrogen-bond acceptors (Lipinski definition) is 6. The van der Waals surface area contributed by atoms with Gasteiger partial charge in [-0.25, -0.2) is 18.4 Å². The lowest BCUT2D eigenvalue weighted by Gasteiger charge is -2.11. The number of nitrogens with one attached hydrogen (secondary N) is 2. The second-order valence-electron chi connectivity index (χ2n) is 6.77. The van der Waals surface area contributed by atoms with Crippen molar-refractivity contribution in [2.45, 2.75) is 32.2 Å². The van der Waals surface area contributed by atoms with Crippen LogP contribution in [0, 0.1) is 0 Å². The van der Waals surface area contributed by atoms with Gasteiger partial charge in [-0.3, -0.25) is 4.79 Å². The van der Waals surface area contributed by atoms with Crippen molar-refractivity contribution in [3.63, 3.8) is 0 Å². The van der Waals surface area contributed by atoms with Gasteiger partial charge in [0, 0.05) is 24.1 Å². The molecule has 8 heteroatoms. The van der Waals surface area contributed by atoms with Crippen LogP contribution < -0.4 is 10.6 Å². The molecule has 1 aliphatic heterocycles. The van der Waals surface area contributed by atoms with Crippen LogP contribution in [0.2, 0.25) is 0 Å². The van der Waals surface area contributed by atoms with Gasteiger partial charge >= 0.3 is 0 Å². The Morgan fingerprint density at radius 1 is 1.15 bits per heavy atom. The fourth-order valence-corrected chi connectivity index (χ4v) is 4.44. The standard InChI is InChI=1S/C18H22N4O3S/c1-12(2)13-3-5-15(6-4-13)21-17(23)14-9-19-18(20-10-14)22-16-7-8-26(24,25)11-16/h3-6,9-10,12,16H,7-8,11H2,1-2H3,(H,21,23)(H,19,20,22). The number of nitrogens with zero attached hydrogens (tertiary/aromatic N) is 2. The van der Waals surface area contributed by atoms with E-state index >= 15 is 0 Å². The van der Waals surface area contributed by atoms with Gasteiger partial charge in [0.25, 0.3) is 5.91 Å². The number of aromatic nitrogens is 2. The zero-order valence-electron chi connectivity index (χ0n) is 14.8. The summed E-state index contributed by atoms with van der Waals surface area (Å²) in [6, 6.07) is 7.52. The average Bonchev–Trinajstić information content (AvgIpc) is 2.94. The number of rotatable bonds is 5. The molecule has 1 aromatic carbocycles. The summed E-state index contributed by atoms with van der Waals surface area (Å²) in [4.78, 5) is 20.5. The molecule has 1 atom stereocenters. The number of amides is 1. The van der Waals surface area contributed by atoms with Crippen molar-refractivity contribution in [3.05, 3.63) is 47.8 Å². The lowest BCUT2D eigenvalue weighted by molar-refractivity contribution is 0.102. The topological polar surface area (TPSA) is 101 Å². The van der Waals surface area contributed by atoms with Crippen molar-refractivity contribution in [1.29, 1.82) is 0 Å². The largest absolute Gasteiger partial charge is 0.350 e. The first-order valence-corrected chi connectivity index (χ1v) is 10.3. The fraction of sp³-hybridized carbons (Fsp3) is 0.389. The van der Waals surface area contributed by atoms with Crippen LogP contribution in [-0.2, 0) is 9.84 Å². The highest BCUT2D eigenvalue weighted by Gasteiger charge is 2.28. The zero-order valence-corrected chi connectivity index (χ0v) is 15.6. The van der Waals surface area contributed by atoms with Gasteiger partial charge in [0.15, 0.2) is 9.84 Å². The minimum absolute atomic E-state index is 0.0883. The highest BCUT2D eigenvalue weighted by molar-refractivity contribution is 7.91. The van der Waals surface area contributed by atoms with Gasteiger partial charge in [-0.2, -0.15) is 0 Å². The summed E-state index contributed by atoms with van der Waals surface area (Å²) in [5.74, 6) is 0.733. The quantitative estimate of drug-likeness (QED) is 0.834. The number of carbonyl (C=O) groups excluding carboxylic acids is 1. The van der Waals surface area contributed by atoms with Crippen molar-refractivity contribution in [1.82, 2.24) is 9.97 Å². The van der Waals surface area contributed by atoms with Gasteiger partial charge in [-0.05, 0) is 30.0 Å². The average molecular weight is 374 g/mol. The van der Waals surface area contributed by atoms with Gasteiger partial charge in [-0.15, -0.1) is 0 Å². The first kappa shape index (κ1) is 18.3. The highest BCUT2D eigenvalue weighted by Crippen LogP contribution is 2.18. The van der Waals surface area contributed by atoms with Crippen LogP contribution in [0.25, 0.3) is 0 Å². The Morgan fingerprint density at radius 2 is 1.81 bits per heavy atom. The molecular formula is C18H22N4O3S. The van der Waals surface area contributed by atoms with Gasteiger partial charge in [0.2, 0.25) is 5.95 Å². The Labute approximate surface area is 153 Å². The van der Waals surface area contributed by atoms with E-state index in [1.807, 2.05) is 24.3 Å². The summed E-state index contributed by atoms with van der Waals surface area (Å²) in [6.07, 6.45) is 3.40. The minimum atomic E-state index is -2.96. The Hall–Kier alpha value is -2.48. The third-order valence-corrected chi connectivity index (χ3v) is 6.08. The molecule has 1 unspecified atom stereocenters. The molecule has 1 amide bonds. The predicted octanol–water partition coefficient (Wildman–Crippen LogP) is 2.45. The molecule has 0 radical (unpaired) electrons. The minimum Gasteiger partial charge on any atom is -0.350 e. The SMILES string of the molecule is CC(C)c1ccc(NC(=O)c2cnc(NC3CCS(=O)(=O)C3)nc2)cc1. The van der Waals surface area contributed by atoms with Crippen LogP contribution in [0.4, 0.5) is 11.6 Å². The lowest BCUT2D eigenvalue weighted by Crippen LogP contribution is -2.22. The van der Waals surface area contributed by atoms with Crippen molar-refractivity contribution >= 4 is 27.4 Å². The van der Waals surface area contributed by atoms with E-state index in [9.17, 15) is 13.2 Å². The summed E-state index contributed by atoms with van der Waals surface area (Å²) < 4.78 is 22.9. The summed E-state index contributed by atoms with van der Waals surface area (Å²) in [6.45, 7) is 4.23. The molecule has 1 aliphatic rings. The Bertz CT molecular complexity index is 878. The van der Waals surface area contributed by atoms with E-state index in [0.29, 0.717) is 29.5 Å². The third-order valence-electron chi connectivity index (χ3n) is 4.31. The molecule has 0 saturated carbocycles. The molecule has 2 N–H and O–H groups in total. The molecule has 1 aromatic heterocycles. The highest BCUT2D eigenvalue weighted by atomic mass is 32.2. The first-order chi connectivity index (χ1) is 12.3. The van der Waals surface area contributed by atoms with Crippen LogP contribution in [0.3, 0.4) is 0 Å². The summed E-state index contributed by atoms with van der Waals surface area (Å²) in [5.41, 5.74) is 2.25. The van der Waals surface area contributed by atoms with Crippen LogP contribution in [-0.4, -0.2) is 41.8 Å². The summed E-state index contributed by atoms with van der Waals surface area (Å²) >= 11 is 0. The lowest BCUT2D eigenvalue weighted by atomic mass is 10.0.